The topological polar surface area (TPSA) is 295 Å². The van der Waals surface area contributed by atoms with E-state index in [-0.39, 0.29) is 56.6 Å². The lowest BCUT2D eigenvalue weighted by Gasteiger charge is -2.32. The van der Waals surface area contributed by atoms with Crippen molar-refractivity contribution < 1.29 is 38.7 Å². The van der Waals surface area contributed by atoms with Crippen LogP contribution in [0.15, 0.2) is 4.99 Å². The molecule has 0 saturated carbocycles. The predicted octanol–water partition coefficient (Wildman–Crippen LogP) is -1.93. The van der Waals surface area contributed by atoms with Gasteiger partial charge in [-0.25, -0.2) is 0 Å². The van der Waals surface area contributed by atoms with E-state index >= 15 is 0 Å². The van der Waals surface area contributed by atoms with E-state index in [0.717, 1.165) is 6.92 Å². The number of amides is 5. The van der Waals surface area contributed by atoms with Crippen LogP contribution >= 0.6 is 0 Å². The highest BCUT2D eigenvalue weighted by Gasteiger charge is 2.39. The third-order valence-corrected chi connectivity index (χ3v) is 6.73. The summed E-state index contributed by atoms with van der Waals surface area (Å²) in [6.45, 7) is 9.70. The fourth-order valence-electron chi connectivity index (χ4n) is 4.55. The zero-order chi connectivity index (χ0) is 35.7. The number of nitrogens with one attached hydrogen (secondary N) is 3. The molecule has 0 rings (SSSR count). The highest BCUT2D eigenvalue weighted by atomic mass is 16.4. The van der Waals surface area contributed by atoms with Gasteiger partial charge in [0, 0.05) is 19.9 Å². The fourth-order valence-corrected chi connectivity index (χ4v) is 4.55. The van der Waals surface area contributed by atoms with Crippen LogP contribution in [-0.2, 0) is 33.6 Å². The van der Waals surface area contributed by atoms with Gasteiger partial charge in [-0.15, -0.1) is 0 Å². The SMILES string of the molecule is CC(=O)N(C(=O)[C@H](CC(C)C)NC(=O)[C@H](CCCN=C(N)N)NC(=O)[C@H](C)NC(=O)[C@@H](N)CC(C)C)C(CC(=O)O)C(=O)CCN. The molecule has 0 aliphatic carbocycles. The van der Waals surface area contributed by atoms with Gasteiger partial charge in [-0.1, -0.05) is 27.7 Å². The molecule has 0 radical (unpaired) electrons. The lowest BCUT2D eigenvalue weighted by Crippen LogP contribution is -2.59. The van der Waals surface area contributed by atoms with Crippen LogP contribution in [0.2, 0.25) is 0 Å². The first-order chi connectivity index (χ1) is 21.3. The lowest BCUT2D eigenvalue weighted by molar-refractivity contribution is -0.155. The van der Waals surface area contributed by atoms with Crippen LogP contribution in [0, 0.1) is 11.8 Å². The van der Waals surface area contributed by atoms with Gasteiger partial charge >= 0.3 is 5.97 Å². The highest BCUT2D eigenvalue weighted by Crippen LogP contribution is 2.16. The summed E-state index contributed by atoms with van der Waals surface area (Å²) in [5, 5.41) is 17.1. The first-order valence-corrected chi connectivity index (χ1v) is 15.3. The highest BCUT2D eigenvalue weighted by molar-refractivity contribution is 6.04. The molecule has 46 heavy (non-hydrogen) atoms. The van der Waals surface area contributed by atoms with E-state index in [2.05, 4.69) is 20.9 Å². The number of ketones is 1. The standard InChI is InChI=1S/C29H53N9O8/c1-15(2)12-19(31)26(44)35-17(5)25(43)36-20(8-7-11-34-29(32)33)27(45)37-21(13-16(3)4)28(46)38(18(6)39)22(14-24(41)42)23(40)9-10-30/h15-17,19-22H,7-14,30-31H2,1-6H3,(H,35,44)(H,36,43)(H,37,45)(H,41,42)(H4,32,33,34)/t17-,19-,20-,21-,22?/m0/s1. The van der Waals surface area contributed by atoms with Crippen LogP contribution in [0.25, 0.3) is 0 Å². The van der Waals surface area contributed by atoms with Crippen LogP contribution in [0.5, 0.6) is 0 Å². The Morgan fingerprint density at radius 1 is 0.826 bits per heavy atom. The molecule has 12 N–H and O–H groups in total. The molecule has 0 spiro atoms. The van der Waals surface area contributed by atoms with Crippen LogP contribution in [0.3, 0.4) is 0 Å². The van der Waals surface area contributed by atoms with Gasteiger partial charge in [-0.3, -0.25) is 43.5 Å². The summed E-state index contributed by atoms with van der Waals surface area (Å²) in [7, 11) is 0. The van der Waals surface area contributed by atoms with Gasteiger partial charge in [-0.2, -0.15) is 0 Å². The van der Waals surface area contributed by atoms with E-state index in [0.29, 0.717) is 11.3 Å². The van der Waals surface area contributed by atoms with E-state index in [4.69, 9.17) is 22.9 Å². The van der Waals surface area contributed by atoms with Gasteiger partial charge in [0.05, 0.1) is 12.5 Å². The summed E-state index contributed by atoms with van der Waals surface area (Å²) < 4.78 is 0. The number of carboxylic acid groups (broad SMARTS) is 1. The predicted molar refractivity (Wildman–Crippen MR) is 171 cm³/mol. The molecule has 1 unspecified atom stereocenters. The van der Waals surface area contributed by atoms with Crippen molar-refractivity contribution in [2.24, 2.45) is 39.8 Å². The Bertz CT molecular complexity index is 1110. The Balaban J connectivity index is 6.26. The normalized spacial score (nSPS) is 14.3. The number of rotatable bonds is 21. The molecule has 0 aromatic carbocycles. The number of Topliss-reactive ketones (excluding diaryl/α,β-unsaturated/α-hetero) is 1. The number of carbonyl (C=O) groups is 7. The van der Waals surface area contributed by atoms with Crippen LogP contribution in [0.1, 0.15) is 80.1 Å². The third-order valence-electron chi connectivity index (χ3n) is 6.73. The van der Waals surface area contributed by atoms with Crippen molar-refractivity contribution in [3.8, 4) is 0 Å². The fraction of sp³-hybridized carbons (Fsp3) is 0.724. The molecular formula is C29H53N9O8. The number of carboxylic acids is 1. The minimum Gasteiger partial charge on any atom is -0.481 e. The molecule has 0 bridgehead atoms. The summed E-state index contributed by atoms with van der Waals surface area (Å²) in [5.74, 6) is -6.34. The zero-order valence-corrected chi connectivity index (χ0v) is 27.7. The quantitative estimate of drug-likeness (QED) is 0.0381. The largest absolute Gasteiger partial charge is 0.481 e. The Hall–Kier alpha value is -4.12. The minimum absolute atomic E-state index is 0.00803. The Kier molecular flexibility index (Phi) is 19.0. The van der Waals surface area contributed by atoms with Crippen LogP contribution in [0.4, 0.5) is 0 Å². The first-order valence-electron chi connectivity index (χ1n) is 15.3. The molecule has 5 amide bonds. The Morgan fingerprint density at radius 3 is 1.87 bits per heavy atom. The van der Waals surface area contributed by atoms with Crippen molar-refractivity contribution in [1.29, 1.82) is 0 Å². The van der Waals surface area contributed by atoms with Crippen molar-refractivity contribution in [3.05, 3.63) is 0 Å². The molecule has 17 heteroatoms. The molecule has 0 aliphatic heterocycles. The monoisotopic (exact) mass is 655 g/mol. The van der Waals surface area contributed by atoms with Crippen molar-refractivity contribution in [2.45, 2.75) is 110 Å². The summed E-state index contributed by atoms with van der Waals surface area (Å²) in [5.41, 5.74) is 22.1. The lowest BCUT2D eigenvalue weighted by atomic mass is 9.98. The summed E-state index contributed by atoms with van der Waals surface area (Å²) in [6.07, 6.45) is -0.486. The van der Waals surface area contributed by atoms with Gasteiger partial charge in [0.25, 0.3) is 5.91 Å². The molecule has 17 nitrogen and oxygen atoms in total. The van der Waals surface area contributed by atoms with Crippen molar-refractivity contribution in [2.75, 3.05) is 13.1 Å². The van der Waals surface area contributed by atoms with Crippen molar-refractivity contribution in [1.82, 2.24) is 20.9 Å². The molecule has 0 aliphatic rings. The number of aliphatic carboxylic acids is 1. The van der Waals surface area contributed by atoms with Crippen LogP contribution in [-0.4, -0.2) is 101 Å². The molecule has 262 valence electrons. The summed E-state index contributed by atoms with van der Waals surface area (Å²) >= 11 is 0. The molecule has 5 atom stereocenters. The number of hydrogen-bond donors (Lipinski definition) is 8. The smallest absolute Gasteiger partial charge is 0.305 e. The van der Waals surface area contributed by atoms with Gasteiger partial charge in [0.15, 0.2) is 11.7 Å². The molecule has 0 aromatic heterocycles. The summed E-state index contributed by atoms with van der Waals surface area (Å²) in [4.78, 5) is 94.3. The number of carbonyl (C=O) groups excluding carboxylic acids is 6. The summed E-state index contributed by atoms with van der Waals surface area (Å²) in [6, 6.07) is -6.18. The molecule has 0 fully saturated rings. The third kappa shape index (κ3) is 15.7. The number of imide groups is 1. The zero-order valence-electron chi connectivity index (χ0n) is 27.7. The van der Waals surface area contributed by atoms with E-state index in [1.165, 1.54) is 6.92 Å². The average molecular weight is 656 g/mol. The van der Waals surface area contributed by atoms with E-state index in [1.807, 2.05) is 13.8 Å². The van der Waals surface area contributed by atoms with Crippen LogP contribution < -0.4 is 38.9 Å². The number of hydrogen-bond acceptors (Lipinski definition) is 10. The van der Waals surface area contributed by atoms with Gasteiger partial charge in [-0.05, 0) is 51.0 Å². The Morgan fingerprint density at radius 2 is 1.39 bits per heavy atom. The number of guanidine groups is 1. The minimum atomic E-state index is -1.64. The van der Waals surface area contributed by atoms with E-state index in [9.17, 15) is 38.7 Å². The van der Waals surface area contributed by atoms with Crippen molar-refractivity contribution >= 4 is 47.2 Å². The van der Waals surface area contributed by atoms with E-state index < -0.39 is 77.9 Å². The number of nitrogens with two attached hydrogens (primary N) is 4. The maximum absolute atomic E-state index is 13.8. The second-order valence-corrected chi connectivity index (χ2v) is 12.0. The maximum atomic E-state index is 13.8. The second-order valence-electron chi connectivity index (χ2n) is 12.0. The van der Waals surface area contributed by atoms with Gasteiger partial charge in [0.2, 0.25) is 23.6 Å². The molecule has 0 heterocycles. The Labute approximate surface area is 270 Å². The molecule has 0 aromatic rings. The van der Waals surface area contributed by atoms with Gasteiger partial charge in [0.1, 0.15) is 24.2 Å². The molecule has 0 saturated heterocycles. The van der Waals surface area contributed by atoms with E-state index in [1.54, 1.807) is 13.8 Å². The maximum Gasteiger partial charge on any atom is 0.305 e. The van der Waals surface area contributed by atoms with Crippen molar-refractivity contribution in [3.63, 3.8) is 0 Å². The average Bonchev–Trinajstić information content (AvgIpc) is 2.92. The second kappa shape index (κ2) is 20.8. The first kappa shape index (κ1) is 41.9. The number of nitrogens with zero attached hydrogens (tertiary/aromatic N) is 2. The molecular weight excluding hydrogens is 602 g/mol. The number of aliphatic imine (C=N–C) groups is 1. The van der Waals surface area contributed by atoms with Gasteiger partial charge < -0.3 is 44.0 Å².